The lowest BCUT2D eigenvalue weighted by atomic mass is 9.98. The third-order valence-corrected chi connectivity index (χ3v) is 6.35. The van der Waals surface area contributed by atoms with Crippen LogP contribution in [0.2, 0.25) is 0 Å². The number of carbonyl (C=O) groups excluding carboxylic acids is 4. The summed E-state index contributed by atoms with van der Waals surface area (Å²) in [6.45, 7) is 4.14. The molecule has 0 N–H and O–H groups in total. The Hall–Kier alpha value is -4.91. The third kappa shape index (κ3) is 7.49. The highest BCUT2D eigenvalue weighted by Gasteiger charge is 2.53. The Balaban J connectivity index is 1.69. The van der Waals surface area contributed by atoms with Gasteiger partial charge in [-0.25, -0.2) is 0 Å². The van der Waals surface area contributed by atoms with Crippen LogP contribution in [-0.4, -0.2) is 68.3 Å². The first-order valence-electron chi connectivity index (χ1n) is 13.1. The average molecular weight is 599 g/mol. The van der Waals surface area contributed by atoms with Crippen LogP contribution in [0.15, 0.2) is 57.9 Å². The van der Waals surface area contributed by atoms with Crippen molar-refractivity contribution in [2.45, 2.75) is 58.4 Å². The normalized spacial score (nSPS) is 21.4. The number of hydrogen-bond acceptors (Lipinski definition) is 13. The SMILES string of the molecule is COc1ccc(-c2coc3cc(O[C@@H]4O[C@@H](COC(C)=O)[C@H](OC(C)=O)[C@@H](OC(C)=O)[C@@H]4OC(C)=O)ccc3c2=O)cc1. The lowest BCUT2D eigenvalue weighted by Crippen LogP contribution is -2.63. The molecule has 13 nitrogen and oxygen atoms in total. The zero-order chi connectivity index (χ0) is 31.3. The van der Waals surface area contributed by atoms with E-state index < -0.39 is 61.2 Å². The van der Waals surface area contributed by atoms with Crippen molar-refractivity contribution in [3.8, 4) is 22.6 Å². The van der Waals surface area contributed by atoms with Crippen molar-refractivity contribution in [3.05, 3.63) is 59.0 Å². The van der Waals surface area contributed by atoms with E-state index in [4.69, 9.17) is 37.6 Å². The molecule has 2 heterocycles. The molecule has 0 radical (unpaired) electrons. The summed E-state index contributed by atoms with van der Waals surface area (Å²) in [5, 5.41) is 0.266. The predicted octanol–water partition coefficient (Wildman–Crippen LogP) is 2.93. The molecule has 1 aromatic heterocycles. The van der Waals surface area contributed by atoms with Crippen LogP contribution < -0.4 is 14.9 Å². The van der Waals surface area contributed by atoms with Crippen molar-refractivity contribution < 1.29 is 56.8 Å². The van der Waals surface area contributed by atoms with E-state index in [-0.39, 0.29) is 22.1 Å². The van der Waals surface area contributed by atoms with E-state index in [9.17, 15) is 24.0 Å². The molecule has 5 atom stereocenters. The first-order chi connectivity index (χ1) is 20.5. The van der Waals surface area contributed by atoms with Gasteiger partial charge in [-0.1, -0.05) is 12.1 Å². The van der Waals surface area contributed by atoms with E-state index in [0.717, 1.165) is 20.8 Å². The summed E-state index contributed by atoms with van der Waals surface area (Å²) in [5.41, 5.74) is 0.869. The van der Waals surface area contributed by atoms with Gasteiger partial charge >= 0.3 is 23.9 Å². The molecule has 0 bridgehead atoms. The number of carbonyl (C=O) groups is 4. The maximum Gasteiger partial charge on any atom is 0.303 e. The number of fused-ring (bicyclic) bond motifs is 1. The van der Waals surface area contributed by atoms with Gasteiger partial charge in [-0.05, 0) is 29.8 Å². The minimum Gasteiger partial charge on any atom is -0.497 e. The zero-order valence-electron chi connectivity index (χ0n) is 24.0. The average Bonchev–Trinajstić information content (AvgIpc) is 2.94. The molecule has 1 saturated heterocycles. The second-order valence-electron chi connectivity index (χ2n) is 9.55. The fraction of sp³-hybridized carbons (Fsp3) is 0.367. The van der Waals surface area contributed by atoms with E-state index >= 15 is 0 Å². The van der Waals surface area contributed by atoms with E-state index in [1.165, 1.54) is 31.4 Å². The molecule has 13 heteroatoms. The predicted molar refractivity (Wildman–Crippen MR) is 147 cm³/mol. The molecule has 3 aromatic rings. The van der Waals surface area contributed by atoms with Crippen LogP contribution >= 0.6 is 0 Å². The highest BCUT2D eigenvalue weighted by atomic mass is 16.7. The van der Waals surface area contributed by atoms with Crippen molar-refractivity contribution in [2.75, 3.05) is 13.7 Å². The van der Waals surface area contributed by atoms with Gasteiger partial charge in [0.05, 0.1) is 18.1 Å². The molecule has 2 aromatic carbocycles. The second-order valence-corrected chi connectivity index (χ2v) is 9.55. The number of benzene rings is 2. The number of methoxy groups -OCH3 is 1. The molecule has 1 aliphatic heterocycles. The Bertz CT molecular complexity index is 1560. The first kappa shape index (κ1) is 31.0. The lowest BCUT2D eigenvalue weighted by molar-refractivity contribution is -0.288. The zero-order valence-corrected chi connectivity index (χ0v) is 24.0. The molecular weight excluding hydrogens is 568 g/mol. The summed E-state index contributed by atoms with van der Waals surface area (Å²) < 4.78 is 44.2. The summed E-state index contributed by atoms with van der Waals surface area (Å²) in [7, 11) is 1.54. The van der Waals surface area contributed by atoms with E-state index in [0.29, 0.717) is 16.9 Å². The topological polar surface area (TPSA) is 163 Å². The summed E-state index contributed by atoms with van der Waals surface area (Å²) in [4.78, 5) is 60.8. The maximum atomic E-state index is 13.3. The van der Waals surface area contributed by atoms with Crippen LogP contribution in [0.4, 0.5) is 0 Å². The van der Waals surface area contributed by atoms with E-state index in [1.807, 2.05) is 0 Å². The number of esters is 4. The van der Waals surface area contributed by atoms with Gasteiger partial charge < -0.3 is 37.6 Å². The van der Waals surface area contributed by atoms with Crippen molar-refractivity contribution in [3.63, 3.8) is 0 Å². The number of rotatable bonds is 9. The van der Waals surface area contributed by atoms with Gasteiger partial charge in [0.25, 0.3) is 0 Å². The van der Waals surface area contributed by atoms with Gasteiger partial charge in [0.1, 0.15) is 36.1 Å². The van der Waals surface area contributed by atoms with E-state index in [2.05, 4.69) is 0 Å². The molecule has 4 rings (SSSR count). The maximum absolute atomic E-state index is 13.3. The quantitative estimate of drug-likeness (QED) is 0.261. The molecular formula is C30H30O13. The van der Waals surface area contributed by atoms with Crippen LogP contribution in [0.1, 0.15) is 27.7 Å². The Morgan fingerprint density at radius 3 is 1.98 bits per heavy atom. The van der Waals surface area contributed by atoms with Gasteiger partial charge in [0.15, 0.2) is 17.6 Å². The van der Waals surface area contributed by atoms with Crippen LogP contribution in [0, 0.1) is 0 Å². The summed E-state index contributed by atoms with van der Waals surface area (Å²) in [5.74, 6) is -2.17. The molecule has 43 heavy (non-hydrogen) atoms. The summed E-state index contributed by atoms with van der Waals surface area (Å²) in [6, 6.07) is 11.3. The van der Waals surface area contributed by atoms with Crippen LogP contribution in [0.5, 0.6) is 11.5 Å². The Kier molecular flexibility index (Phi) is 9.66. The monoisotopic (exact) mass is 598 g/mol. The Morgan fingerprint density at radius 2 is 1.37 bits per heavy atom. The molecule has 228 valence electrons. The minimum absolute atomic E-state index is 0.133. The molecule has 0 unspecified atom stereocenters. The van der Waals surface area contributed by atoms with Crippen LogP contribution in [-0.2, 0) is 42.9 Å². The minimum atomic E-state index is -1.44. The highest BCUT2D eigenvalue weighted by molar-refractivity contribution is 5.82. The standard InChI is InChI=1S/C30H30O13/c1-15(31)37-14-25-27(39-16(2)32)28(40-17(3)33)29(41-18(4)34)30(43-25)42-21-10-11-22-24(12-21)38-13-23(26(22)35)19-6-8-20(36-5)9-7-19/h6-13,25,27-30H,14H2,1-5H3/t25-,27-,28+,29-,30+/m0/s1. The van der Waals surface area contributed by atoms with Gasteiger partial charge in [-0.15, -0.1) is 0 Å². The summed E-state index contributed by atoms with van der Waals surface area (Å²) >= 11 is 0. The van der Waals surface area contributed by atoms with Gasteiger partial charge in [-0.3, -0.25) is 24.0 Å². The molecule has 0 saturated carbocycles. The highest BCUT2D eigenvalue weighted by Crippen LogP contribution is 2.32. The largest absolute Gasteiger partial charge is 0.497 e. The van der Waals surface area contributed by atoms with Gasteiger partial charge in [0, 0.05) is 33.8 Å². The molecule has 0 amide bonds. The third-order valence-electron chi connectivity index (χ3n) is 6.35. The number of hydrogen-bond donors (Lipinski definition) is 0. The van der Waals surface area contributed by atoms with Crippen LogP contribution in [0.3, 0.4) is 0 Å². The molecule has 1 aliphatic rings. The smallest absolute Gasteiger partial charge is 0.303 e. The van der Waals surface area contributed by atoms with E-state index in [1.54, 1.807) is 31.4 Å². The van der Waals surface area contributed by atoms with Crippen LogP contribution in [0.25, 0.3) is 22.1 Å². The lowest BCUT2D eigenvalue weighted by Gasteiger charge is -2.43. The molecule has 0 spiro atoms. The Labute approximate surface area is 245 Å². The van der Waals surface area contributed by atoms with Gasteiger partial charge in [-0.2, -0.15) is 0 Å². The Morgan fingerprint density at radius 1 is 0.767 bits per heavy atom. The molecule has 1 fully saturated rings. The molecule has 0 aliphatic carbocycles. The fourth-order valence-electron chi connectivity index (χ4n) is 4.57. The fourth-order valence-corrected chi connectivity index (χ4v) is 4.57. The van der Waals surface area contributed by atoms with Crippen molar-refractivity contribution in [1.29, 1.82) is 0 Å². The summed E-state index contributed by atoms with van der Waals surface area (Å²) in [6.07, 6.45) is -5.43. The van der Waals surface area contributed by atoms with Crippen molar-refractivity contribution in [2.24, 2.45) is 0 Å². The van der Waals surface area contributed by atoms with Crippen molar-refractivity contribution in [1.82, 2.24) is 0 Å². The number of ether oxygens (including phenoxy) is 7. The van der Waals surface area contributed by atoms with Gasteiger partial charge in [0.2, 0.25) is 12.4 Å². The second kappa shape index (κ2) is 13.4. The first-order valence-corrected chi connectivity index (χ1v) is 13.1. The van der Waals surface area contributed by atoms with Crippen molar-refractivity contribution >= 4 is 34.8 Å².